The van der Waals surface area contributed by atoms with Crippen LogP contribution in [0.15, 0.2) is 0 Å². The van der Waals surface area contributed by atoms with Crippen LogP contribution in [-0.4, -0.2) is 27.8 Å². The molecule has 12 heavy (non-hydrogen) atoms. The first-order chi connectivity index (χ1) is 5.73. The maximum atomic E-state index is 9.95. The molecule has 0 unspecified atom stereocenters. The van der Waals surface area contributed by atoms with Gasteiger partial charge in [-0.1, -0.05) is 19.3 Å². The lowest BCUT2D eigenvalue weighted by molar-refractivity contribution is 0.130. The van der Waals surface area contributed by atoms with E-state index in [1.165, 1.54) is 19.3 Å². The van der Waals surface area contributed by atoms with E-state index in [0.29, 0.717) is 0 Å². The molecule has 0 heterocycles. The normalized spacial score (nSPS) is 21.2. The average Bonchev–Trinajstić information content (AvgIpc) is 2.18. The second kappa shape index (κ2) is 4.37. The predicted molar refractivity (Wildman–Crippen MR) is 48.8 cm³/mol. The van der Waals surface area contributed by atoms with Crippen molar-refractivity contribution < 1.29 is 13.6 Å². The molecule has 0 aliphatic heterocycles. The van der Waals surface area contributed by atoms with E-state index in [1.807, 2.05) is 0 Å². The van der Waals surface area contributed by atoms with Crippen molar-refractivity contribution in [3.8, 4) is 0 Å². The second-order valence-electron chi connectivity index (χ2n) is 3.37. The zero-order valence-electron chi connectivity index (χ0n) is 7.88. The SMILES string of the molecule is CO[Si](O)(OC)C1CCCCC1. The summed E-state index contributed by atoms with van der Waals surface area (Å²) < 4.78 is 10.2. The Morgan fingerprint density at radius 2 is 1.58 bits per heavy atom. The molecule has 1 fully saturated rings. The third kappa shape index (κ3) is 2.07. The average molecular weight is 190 g/mol. The zero-order chi connectivity index (χ0) is 9.03. The first-order valence-corrected chi connectivity index (χ1v) is 6.39. The minimum absolute atomic E-state index is 0.279. The maximum Gasteiger partial charge on any atom is 0.500 e. The van der Waals surface area contributed by atoms with Crippen LogP contribution in [0.4, 0.5) is 0 Å². The summed E-state index contributed by atoms with van der Waals surface area (Å²) >= 11 is 0. The molecule has 3 nitrogen and oxygen atoms in total. The summed E-state index contributed by atoms with van der Waals surface area (Å²) in [5.74, 6) is 0. The highest BCUT2D eigenvalue weighted by Crippen LogP contribution is 2.35. The van der Waals surface area contributed by atoms with Crippen LogP contribution in [0.3, 0.4) is 0 Å². The minimum Gasteiger partial charge on any atom is -0.390 e. The van der Waals surface area contributed by atoms with Crippen LogP contribution in [0.5, 0.6) is 0 Å². The van der Waals surface area contributed by atoms with Gasteiger partial charge in [-0.25, -0.2) is 0 Å². The molecular formula is C8H18O3Si. The summed E-state index contributed by atoms with van der Waals surface area (Å²) in [5.41, 5.74) is 0.279. The van der Waals surface area contributed by atoms with Gasteiger partial charge in [0.05, 0.1) is 0 Å². The van der Waals surface area contributed by atoms with Crippen LogP contribution in [0.1, 0.15) is 32.1 Å². The molecule has 0 amide bonds. The van der Waals surface area contributed by atoms with Crippen LogP contribution in [0.2, 0.25) is 5.54 Å². The summed E-state index contributed by atoms with van der Waals surface area (Å²) in [7, 11) is 0.295. The molecular weight excluding hydrogens is 172 g/mol. The van der Waals surface area contributed by atoms with E-state index in [-0.39, 0.29) is 5.54 Å². The topological polar surface area (TPSA) is 38.7 Å². The highest BCUT2D eigenvalue weighted by Gasteiger charge is 2.44. The smallest absolute Gasteiger partial charge is 0.390 e. The lowest BCUT2D eigenvalue weighted by Gasteiger charge is -2.31. The Labute approximate surface area is 75.1 Å². The van der Waals surface area contributed by atoms with E-state index < -0.39 is 8.80 Å². The number of hydrogen-bond acceptors (Lipinski definition) is 3. The molecule has 0 aromatic carbocycles. The molecule has 0 bridgehead atoms. The molecule has 0 aromatic heterocycles. The van der Waals surface area contributed by atoms with Gasteiger partial charge in [0, 0.05) is 19.8 Å². The van der Waals surface area contributed by atoms with Crippen LogP contribution < -0.4 is 0 Å². The first-order valence-electron chi connectivity index (χ1n) is 4.55. The van der Waals surface area contributed by atoms with Gasteiger partial charge in [0.25, 0.3) is 0 Å². The third-order valence-corrected chi connectivity index (χ3v) is 5.49. The Bertz CT molecular complexity index is 130. The standard InChI is InChI=1S/C8H18O3Si/c1-10-12(9,11-2)8-6-4-3-5-7-8/h8-9H,3-7H2,1-2H3. The summed E-state index contributed by atoms with van der Waals surface area (Å²) in [6.45, 7) is 0. The van der Waals surface area contributed by atoms with Gasteiger partial charge >= 0.3 is 8.80 Å². The molecule has 0 spiro atoms. The lowest BCUT2D eigenvalue weighted by atomic mass is 10.0. The van der Waals surface area contributed by atoms with Gasteiger partial charge in [0.1, 0.15) is 0 Å². The largest absolute Gasteiger partial charge is 0.500 e. The fourth-order valence-corrected chi connectivity index (χ4v) is 3.86. The van der Waals surface area contributed by atoms with E-state index in [4.69, 9.17) is 8.85 Å². The van der Waals surface area contributed by atoms with Gasteiger partial charge in [0.15, 0.2) is 0 Å². The van der Waals surface area contributed by atoms with E-state index in [0.717, 1.165) is 12.8 Å². The molecule has 0 aromatic rings. The molecule has 1 aliphatic carbocycles. The van der Waals surface area contributed by atoms with Crippen molar-refractivity contribution in [1.29, 1.82) is 0 Å². The van der Waals surface area contributed by atoms with Crippen LogP contribution in [0.25, 0.3) is 0 Å². The lowest BCUT2D eigenvalue weighted by Crippen LogP contribution is -2.46. The van der Waals surface area contributed by atoms with Gasteiger partial charge in [-0.15, -0.1) is 0 Å². The summed E-state index contributed by atoms with van der Waals surface area (Å²) in [6, 6.07) is 0. The van der Waals surface area contributed by atoms with E-state index >= 15 is 0 Å². The van der Waals surface area contributed by atoms with Crippen molar-refractivity contribution in [2.24, 2.45) is 0 Å². The predicted octanol–water partition coefficient (Wildman–Crippen LogP) is 1.54. The van der Waals surface area contributed by atoms with Crippen LogP contribution in [-0.2, 0) is 8.85 Å². The fraction of sp³-hybridized carbons (Fsp3) is 1.00. The van der Waals surface area contributed by atoms with Gasteiger partial charge in [-0.05, 0) is 12.8 Å². The first kappa shape index (κ1) is 10.2. The minimum atomic E-state index is -2.80. The number of rotatable bonds is 3. The highest BCUT2D eigenvalue weighted by molar-refractivity contribution is 6.60. The third-order valence-electron chi connectivity index (χ3n) is 2.71. The maximum absolute atomic E-state index is 9.95. The molecule has 72 valence electrons. The summed E-state index contributed by atoms with van der Waals surface area (Å²) in [5, 5.41) is 0. The quantitative estimate of drug-likeness (QED) is 0.686. The van der Waals surface area contributed by atoms with Gasteiger partial charge in [-0.3, -0.25) is 0 Å². The van der Waals surface area contributed by atoms with E-state index in [1.54, 1.807) is 14.2 Å². The Morgan fingerprint density at radius 1 is 1.08 bits per heavy atom. The van der Waals surface area contributed by atoms with Crippen molar-refractivity contribution in [3.63, 3.8) is 0 Å². The van der Waals surface area contributed by atoms with Crippen LogP contribution in [0, 0.1) is 0 Å². The van der Waals surface area contributed by atoms with Crippen molar-refractivity contribution >= 4 is 8.80 Å². The van der Waals surface area contributed by atoms with Crippen molar-refractivity contribution in [3.05, 3.63) is 0 Å². The van der Waals surface area contributed by atoms with Crippen molar-refractivity contribution in [2.75, 3.05) is 14.2 Å². The van der Waals surface area contributed by atoms with Crippen molar-refractivity contribution in [2.45, 2.75) is 37.6 Å². The van der Waals surface area contributed by atoms with Gasteiger partial charge in [0.2, 0.25) is 0 Å². The van der Waals surface area contributed by atoms with E-state index in [2.05, 4.69) is 0 Å². The molecule has 1 aliphatic rings. The molecule has 0 atom stereocenters. The molecule has 0 saturated heterocycles. The number of hydrogen-bond donors (Lipinski definition) is 1. The molecule has 1 rings (SSSR count). The Kier molecular flexibility index (Phi) is 3.70. The molecule has 1 saturated carbocycles. The summed E-state index contributed by atoms with van der Waals surface area (Å²) in [4.78, 5) is 9.95. The van der Waals surface area contributed by atoms with Crippen molar-refractivity contribution in [1.82, 2.24) is 0 Å². The highest BCUT2D eigenvalue weighted by atomic mass is 28.4. The Morgan fingerprint density at radius 3 is 2.00 bits per heavy atom. The Balaban J connectivity index is 2.51. The molecule has 4 heteroatoms. The Hall–Kier alpha value is 0.0969. The van der Waals surface area contributed by atoms with Gasteiger partial charge in [-0.2, -0.15) is 0 Å². The summed E-state index contributed by atoms with van der Waals surface area (Å²) in [6.07, 6.45) is 5.81. The monoisotopic (exact) mass is 190 g/mol. The van der Waals surface area contributed by atoms with Gasteiger partial charge < -0.3 is 13.6 Å². The zero-order valence-corrected chi connectivity index (χ0v) is 8.88. The second-order valence-corrected chi connectivity index (χ2v) is 6.27. The molecule has 1 N–H and O–H groups in total. The van der Waals surface area contributed by atoms with E-state index in [9.17, 15) is 4.80 Å². The van der Waals surface area contributed by atoms with Crippen LogP contribution >= 0.6 is 0 Å². The fourth-order valence-electron chi connectivity index (χ4n) is 1.88. The molecule has 0 radical (unpaired) electrons.